The van der Waals surface area contributed by atoms with Crippen molar-refractivity contribution in [3.8, 4) is 5.75 Å². The molecule has 1 aliphatic carbocycles. The van der Waals surface area contributed by atoms with Gasteiger partial charge in [-0.15, -0.1) is 0 Å². The number of nitro benzene ring substituents is 1. The van der Waals surface area contributed by atoms with Gasteiger partial charge in [0.2, 0.25) is 0 Å². The van der Waals surface area contributed by atoms with Gasteiger partial charge in [-0.05, 0) is 55.2 Å². The number of benzene rings is 2. The van der Waals surface area contributed by atoms with Gasteiger partial charge in [-0.2, -0.15) is 0 Å². The van der Waals surface area contributed by atoms with Gasteiger partial charge in [0.25, 0.3) is 5.69 Å². The number of pyridine rings is 1. The van der Waals surface area contributed by atoms with E-state index >= 15 is 0 Å². The summed E-state index contributed by atoms with van der Waals surface area (Å²) in [5, 5.41) is 15.2. The van der Waals surface area contributed by atoms with Gasteiger partial charge in [0.1, 0.15) is 11.6 Å². The lowest BCUT2D eigenvalue weighted by Gasteiger charge is -2.18. The number of hydrogen-bond donors (Lipinski definition) is 1. The van der Waals surface area contributed by atoms with Crippen molar-refractivity contribution in [1.29, 1.82) is 0 Å². The zero-order chi connectivity index (χ0) is 18.3. The largest absolute Gasteiger partial charge is 0.496 e. The van der Waals surface area contributed by atoms with Crippen LogP contribution in [0.15, 0.2) is 42.5 Å². The van der Waals surface area contributed by atoms with E-state index in [0.29, 0.717) is 0 Å². The topological polar surface area (TPSA) is 77.3 Å². The third-order valence-corrected chi connectivity index (χ3v) is 5.01. The van der Waals surface area contributed by atoms with E-state index < -0.39 is 4.92 Å². The van der Waals surface area contributed by atoms with Gasteiger partial charge in [-0.3, -0.25) is 10.1 Å². The average Bonchev–Trinajstić information content (AvgIpc) is 3.06. The fourth-order valence-corrected chi connectivity index (χ4v) is 3.71. The molecule has 0 radical (unpaired) electrons. The van der Waals surface area contributed by atoms with E-state index in [1.807, 2.05) is 18.2 Å². The molecule has 6 nitrogen and oxygen atoms in total. The number of fused-ring (bicyclic) bond motifs is 2. The molecule has 1 N–H and O–H groups in total. The Balaban J connectivity index is 1.66. The Labute approximate surface area is 151 Å². The third kappa shape index (κ3) is 2.73. The van der Waals surface area contributed by atoms with Crippen molar-refractivity contribution in [1.82, 2.24) is 4.98 Å². The minimum absolute atomic E-state index is 0.0740. The molecule has 1 aromatic heterocycles. The summed E-state index contributed by atoms with van der Waals surface area (Å²) in [4.78, 5) is 15.1. The highest BCUT2D eigenvalue weighted by molar-refractivity contribution is 5.82. The number of nitrogens with one attached hydrogen (secondary N) is 1. The number of methoxy groups -OCH3 is 1. The number of nitro groups is 1. The highest BCUT2D eigenvalue weighted by atomic mass is 16.6. The molecule has 0 saturated heterocycles. The Hall–Kier alpha value is -3.15. The van der Waals surface area contributed by atoms with E-state index in [1.165, 1.54) is 22.8 Å². The molecule has 132 valence electrons. The van der Waals surface area contributed by atoms with Gasteiger partial charge in [0, 0.05) is 23.1 Å². The zero-order valence-corrected chi connectivity index (χ0v) is 14.7. The summed E-state index contributed by atoms with van der Waals surface area (Å²) in [6.45, 7) is 2.13. The average molecular weight is 349 g/mol. The van der Waals surface area contributed by atoms with Crippen LogP contribution in [0.25, 0.3) is 10.9 Å². The second-order valence-corrected chi connectivity index (χ2v) is 6.54. The van der Waals surface area contributed by atoms with Crippen molar-refractivity contribution in [2.24, 2.45) is 0 Å². The number of anilines is 1. The predicted molar refractivity (Wildman–Crippen MR) is 101 cm³/mol. The first-order valence-electron chi connectivity index (χ1n) is 8.55. The fraction of sp³-hybridized carbons (Fsp3) is 0.250. The number of ether oxygens (including phenoxy) is 1. The zero-order valence-electron chi connectivity index (χ0n) is 14.7. The van der Waals surface area contributed by atoms with Crippen LogP contribution in [0.4, 0.5) is 11.5 Å². The van der Waals surface area contributed by atoms with Crippen molar-refractivity contribution in [3.05, 3.63) is 69.3 Å². The van der Waals surface area contributed by atoms with E-state index in [9.17, 15) is 10.1 Å². The van der Waals surface area contributed by atoms with Gasteiger partial charge in [0.15, 0.2) is 0 Å². The monoisotopic (exact) mass is 349 g/mol. The molecule has 3 aromatic rings. The molecular weight excluding hydrogens is 330 g/mol. The van der Waals surface area contributed by atoms with Crippen LogP contribution in [-0.4, -0.2) is 17.0 Å². The normalized spacial score (nSPS) is 15.7. The molecule has 0 bridgehead atoms. The summed E-state index contributed by atoms with van der Waals surface area (Å²) < 4.78 is 5.56. The summed E-state index contributed by atoms with van der Waals surface area (Å²) in [6, 6.07) is 12.7. The van der Waals surface area contributed by atoms with Crippen LogP contribution in [0.2, 0.25) is 0 Å². The summed E-state index contributed by atoms with van der Waals surface area (Å²) >= 11 is 0. The Kier molecular flexibility index (Phi) is 3.95. The molecule has 1 heterocycles. The lowest BCUT2D eigenvalue weighted by atomic mass is 10.0. The SMILES string of the molecule is COc1ccc(C)c2c1C(Nc1ccc3cc([N+](=O)[O-])ccc3n1)CC2. The van der Waals surface area contributed by atoms with Crippen LogP contribution in [0.3, 0.4) is 0 Å². The summed E-state index contributed by atoms with van der Waals surface area (Å²) in [5.41, 5.74) is 4.64. The highest BCUT2D eigenvalue weighted by Gasteiger charge is 2.27. The maximum absolute atomic E-state index is 10.9. The van der Waals surface area contributed by atoms with Crippen LogP contribution in [-0.2, 0) is 6.42 Å². The number of rotatable bonds is 4. The molecule has 0 fully saturated rings. The van der Waals surface area contributed by atoms with Crippen LogP contribution in [0, 0.1) is 17.0 Å². The van der Waals surface area contributed by atoms with E-state index in [2.05, 4.69) is 23.3 Å². The molecule has 1 aliphatic rings. The smallest absolute Gasteiger partial charge is 0.270 e. The quantitative estimate of drug-likeness (QED) is 0.552. The van der Waals surface area contributed by atoms with Crippen molar-refractivity contribution in [2.45, 2.75) is 25.8 Å². The van der Waals surface area contributed by atoms with Crippen molar-refractivity contribution >= 4 is 22.4 Å². The second-order valence-electron chi connectivity index (χ2n) is 6.54. The maximum Gasteiger partial charge on any atom is 0.270 e. The van der Waals surface area contributed by atoms with E-state index in [0.717, 1.165) is 35.3 Å². The maximum atomic E-state index is 10.9. The first-order chi connectivity index (χ1) is 12.6. The van der Waals surface area contributed by atoms with E-state index in [1.54, 1.807) is 19.2 Å². The molecular formula is C20H19N3O3. The van der Waals surface area contributed by atoms with Gasteiger partial charge in [-0.25, -0.2) is 4.98 Å². The van der Waals surface area contributed by atoms with Gasteiger partial charge in [-0.1, -0.05) is 6.07 Å². The van der Waals surface area contributed by atoms with Gasteiger partial charge in [0.05, 0.1) is 23.6 Å². The van der Waals surface area contributed by atoms with E-state index in [-0.39, 0.29) is 11.7 Å². The first-order valence-corrected chi connectivity index (χ1v) is 8.55. The molecule has 4 rings (SSSR count). The number of nitrogens with zero attached hydrogens (tertiary/aromatic N) is 2. The molecule has 0 spiro atoms. The molecule has 0 amide bonds. The van der Waals surface area contributed by atoms with Crippen molar-refractivity contribution in [2.75, 3.05) is 12.4 Å². The predicted octanol–water partition coefficient (Wildman–Crippen LogP) is 4.56. The second kappa shape index (κ2) is 6.29. The number of non-ortho nitro benzene ring substituents is 1. The van der Waals surface area contributed by atoms with Crippen LogP contribution >= 0.6 is 0 Å². The minimum Gasteiger partial charge on any atom is -0.496 e. The molecule has 2 aromatic carbocycles. The summed E-state index contributed by atoms with van der Waals surface area (Å²) in [6.07, 6.45) is 1.99. The lowest BCUT2D eigenvalue weighted by molar-refractivity contribution is -0.384. The Morgan fingerprint density at radius 3 is 2.85 bits per heavy atom. The Morgan fingerprint density at radius 1 is 1.23 bits per heavy atom. The summed E-state index contributed by atoms with van der Waals surface area (Å²) in [7, 11) is 1.70. The molecule has 1 atom stereocenters. The standard InChI is InChI=1S/C20H19N3O3/c1-12-3-9-18(26-2)20-15(12)6-8-17(20)22-19-10-4-13-11-14(23(24)25)5-7-16(13)21-19/h3-5,7,9-11,17H,6,8H2,1-2H3,(H,21,22). The van der Waals surface area contributed by atoms with Crippen LogP contribution < -0.4 is 10.1 Å². The highest BCUT2D eigenvalue weighted by Crippen LogP contribution is 2.41. The molecule has 6 heteroatoms. The number of aryl methyl sites for hydroxylation is 1. The number of hydrogen-bond acceptors (Lipinski definition) is 5. The summed E-state index contributed by atoms with van der Waals surface area (Å²) in [5.74, 6) is 1.66. The fourth-order valence-electron chi connectivity index (χ4n) is 3.71. The third-order valence-electron chi connectivity index (χ3n) is 5.01. The Bertz CT molecular complexity index is 1020. The number of aromatic nitrogens is 1. The molecule has 0 saturated carbocycles. The van der Waals surface area contributed by atoms with Crippen molar-refractivity contribution in [3.63, 3.8) is 0 Å². The molecule has 0 aliphatic heterocycles. The van der Waals surface area contributed by atoms with Crippen molar-refractivity contribution < 1.29 is 9.66 Å². The minimum atomic E-state index is -0.393. The van der Waals surface area contributed by atoms with Gasteiger partial charge < -0.3 is 10.1 Å². The van der Waals surface area contributed by atoms with E-state index in [4.69, 9.17) is 4.74 Å². The van der Waals surface area contributed by atoms with Crippen LogP contribution in [0.5, 0.6) is 5.75 Å². The molecule has 26 heavy (non-hydrogen) atoms. The Morgan fingerprint density at radius 2 is 2.08 bits per heavy atom. The van der Waals surface area contributed by atoms with Crippen LogP contribution in [0.1, 0.15) is 29.2 Å². The molecule has 1 unspecified atom stereocenters. The lowest BCUT2D eigenvalue weighted by Crippen LogP contribution is -2.10. The first kappa shape index (κ1) is 16.3. The van der Waals surface area contributed by atoms with Gasteiger partial charge >= 0.3 is 0 Å².